The predicted molar refractivity (Wildman–Crippen MR) is 78.9 cm³/mol. The molecule has 7 heteroatoms. The lowest BCUT2D eigenvalue weighted by atomic mass is 10.2. The van der Waals surface area contributed by atoms with E-state index in [1.165, 1.54) is 25.3 Å². The molecule has 2 rings (SSSR count). The molecule has 0 radical (unpaired) electrons. The standard InChI is InChI=1S/C15H14O6S/c1-10-5-3-4-6-13(10)21-22(18,19)11-7-8-14(20-2)12(9-11)15(16)17/h3-9H,1-2H3,(H,16,17). The molecule has 2 aromatic carbocycles. The van der Waals surface area contributed by atoms with Gasteiger partial charge >= 0.3 is 16.1 Å². The fraction of sp³-hybridized carbons (Fsp3) is 0.133. The van der Waals surface area contributed by atoms with E-state index in [9.17, 15) is 13.2 Å². The summed E-state index contributed by atoms with van der Waals surface area (Å²) in [6, 6.07) is 10.2. The summed E-state index contributed by atoms with van der Waals surface area (Å²) in [5.74, 6) is -1.03. The Morgan fingerprint density at radius 3 is 2.36 bits per heavy atom. The van der Waals surface area contributed by atoms with E-state index in [0.717, 1.165) is 6.07 Å². The summed E-state index contributed by atoms with van der Waals surface area (Å²) in [7, 11) is -2.83. The second-order valence-corrected chi connectivity index (χ2v) is 6.02. The van der Waals surface area contributed by atoms with Crippen LogP contribution >= 0.6 is 0 Å². The van der Waals surface area contributed by atoms with Crippen LogP contribution < -0.4 is 8.92 Å². The minimum Gasteiger partial charge on any atom is -0.496 e. The normalized spacial score (nSPS) is 11.0. The van der Waals surface area contributed by atoms with Gasteiger partial charge in [-0.05, 0) is 36.8 Å². The number of carboxylic acid groups (broad SMARTS) is 1. The van der Waals surface area contributed by atoms with Crippen molar-refractivity contribution in [2.45, 2.75) is 11.8 Å². The molecule has 0 aliphatic carbocycles. The summed E-state index contributed by atoms with van der Waals surface area (Å²) in [5, 5.41) is 9.11. The van der Waals surface area contributed by atoms with E-state index < -0.39 is 16.1 Å². The third-order valence-corrected chi connectivity index (χ3v) is 4.21. The average Bonchev–Trinajstić information content (AvgIpc) is 2.48. The summed E-state index contributed by atoms with van der Waals surface area (Å²) < 4.78 is 34.5. The lowest BCUT2D eigenvalue weighted by Crippen LogP contribution is -2.12. The summed E-state index contributed by atoms with van der Waals surface area (Å²) in [4.78, 5) is 10.9. The van der Waals surface area contributed by atoms with Gasteiger partial charge in [-0.25, -0.2) is 4.79 Å². The number of carbonyl (C=O) groups is 1. The van der Waals surface area contributed by atoms with Crippen molar-refractivity contribution in [3.63, 3.8) is 0 Å². The highest BCUT2D eigenvalue weighted by Crippen LogP contribution is 2.26. The fourth-order valence-electron chi connectivity index (χ4n) is 1.83. The lowest BCUT2D eigenvalue weighted by Gasteiger charge is -2.11. The highest BCUT2D eigenvalue weighted by Gasteiger charge is 2.21. The van der Waals surface area contributed by atoms with Crippen molar-refractivity contribution in [3.8, 4) is 11.5 Å². The van der Waals surface area contributed by atoms with E-state index in [0.29, 0.717) is 5.56 Å². The van der Waals surface area contributed by atoms with E-state index in [1.807, 2.05) is 0 Å². The van der Waals surface area contributed by atoms with Crippen molar-refractivity contribution in [1.29, 1.82) is 0 Å². The monoisotopic (exact) mass is 322 g/mol. The third kappa shape index (κ3) is 3.20. The topological polar surface area (TPSA) is 89.9 Å². The van der Waals surface area contributed by atoms with E-state index in [2.05, 4.69) is 0 Å². The van der Waals surface area contributed by atoms with Crippen LogP contribution in [0.5, 0.6) is 11.5 Å². The molecule has 1 N–H and O–H groups in total. The van der Waals surface area contributed by atoms with Crippen LogP contribution in [0.1, 0.15) is 15.9 Å². The molecule has 0 bridgehead atoms. The van der Waals surface area contributed by atoms with Gasteiger partial charge in [-0.1, -0.05) is 18.2 Å². The number of aryl methyl sites for hydroxylation is 1. The van der Waals surface area contributed by atoms with Crippen LogP contribution in [-0.2, 0) is 10.1 Å². The molecule has 0 amide bonds. The second-order valence-electron chi connectivity index (χ2n) is 4.47. The van der Waals surface area contributed by atoms with Crippen LogP contribution in [-0.4, -0.2) is 26.6 Å². The van der Waals surface area contributed by atoms with Crippen molar-refractivity contribution in [1.82, 2.24) is 0 Å². The number of carboxylic acids is 1. The fourth-order valence-corrected chi connectivity index (χ4v) is 2.84. The molecule has 0 unspecified atom stereocenters. The van der Waals surface area contributed by atoms with E-state index >= 15 is 0 Å². The van der Waals surface area contributed by atoms with Crippen molar-refractivity contribution in [3.05, 3.63) is 53.6 Å². The first-order valence-electron chi connectivity index (χ1n) is 6.26. The summed E-state index contributed by atoms with van der Waals surface area (Å²) in [6.45, 7) is 1.71. The van der Waals surface area contributed by atoms with Crippen LogP contribution in [0.4, 0.5) is 0 Å². The zero-order valence-electron chi connectivity index (χ0n) is 11.9. The molecule has 6 nitrogen and oxygen atoms in total. The maximum Gasteiger partial charge on any atom is 0.339 e. The zero-order valence-corrected chi connectivity index (χ0v) is 12.8. The first-order chi connectivity index (χ1) is 10.3. The SMILES string of the molecule is COc1ccc(S(=O)(=O)Oc2ccccc2C)cc1C(=O)O. The van der Waals surface area contributed by atoms with Gasteiger partial charge in [-0.3, -0.25) is 0 Å². The van der Waals surface area contributed by atoms with Gasteiger partial charge in [0.1, 0.15) is 22.0 Å². The van der Waals surface area contributed by atoms with Crippen molar-refractivity contribution in [2.75, 3.05) is 7.11 Å². The van der Waals surface area contributed by atoms with Crippen molar-refractivity contribution < 1.29 is 27.2 Å². The predicted octanol–water partition coefficient (Wildman–Crippen LogP) is 2.47. The number of benzene rings is 2. The molecule has 0 aliphatic rings. The highest BCUT2D eigenvalue weighted by molar-refractivity contribution is 7.87. The average molecular weight is 322 g/mol. The molecule has 0 atom stereocenters. The Bertz CT molecular complexity index is 811. The Hall–Kier alpha value is -2.54. The molecule has 0 aliphatic heterocycles. The largest absolute Gasteiger partial charge is 0.496 e. The second kappa shape index (κ2) is 6.07. The highest BCUT2D eigenvalue weighted by atomic mass is 32.2. The Kier molecular flexibility index (Phi) is 4.37. The Morgan fingerprint density at radius 2 is 1.77 bits per heavy atom. The van der Waals surface area contributed by atoms with Gasteiger partial charge in [0.05, 0.1) is 7.11 Å². The van der Waals surface area contributed by atoms with Crippen LogP contribution in [0.25, 0.3) is 0 Å². The first kappa shape index (κ1) is 15.8. The van der Waals surface area contributed by atoms with Crippen molar-refractivity contribution in [2.24, 2.45) is 0 Å². The quantitative estimate of drug-likeness (QED) is 0.851. The van der Waals surface area contributed by atoms with E-state index in [4.69, 9.17) is 14.0 Å². The van der Waals surface area contributed by atoms with Crippen molar-refractivity contribution >= 4 is 16.1 Å². The van der Waals surface area contributed by atoms with Gasteiger partial charge < -0.3 is 14.0 Å². The maximum atomic E-state index is 12.3. The van der Waals surface area contributed by atoms with Gasteiger partial charge in [-0.15, -0.1) is 0 Å². The Morgan fingerprint density at radius 1 is 1.09 bits per heavy atom. The molecule has 0 aromatic heterocycles. The molecule has 0 heterocycles. The number of hydrogen-bond donors (Lipinski definition) is 1. The molecular weight excluding hydrogens is 308 g/mol. The number of rotatable bonds is 5. The minimum absolute atomic E-state index is 0.0716. The van der Waals surface area contributed by atoms with Crippen LogP contribution in [0.15, 0.2) is 47.4 Å². The molecular formula is C15H14O6S. The van der Waals surface area contributed by atoms with Gasteiger partial charge in [0.25, 0.3) is 0 Å². The number of methoxy groups -OCH3 is 1. The number of para-hydroxylation sites is 1. The molecule has 116 valence electrons. The van der Waals surface area contributed by atoms with Gasteiger partial charge in [0.2, 0.25) is 0 Å². The van der Waals surface area contributed by atoms with Gasteiger partial charge in [0.15, 0.2) is 0 Å². The van der Waals surface area contributed by atoms with Crippen LogP contribution in [0.2, 0.25) is 0 Å². The summed E-state index contributed by atoms with van der Waals surface area (Å²) >= 11 is 0. The van der Waals surface area contributed by atoms with E-state index in [-0.39, 0.29) is 22.0 Å². The van der Waals surface area contributed by atoms with E-state index in [1.54, 1.807) is 25.1 Å². The van der Waals surface area contributed by atoms with Gasteiger partial charge in [0, 0.05) is 0 Å². The summed E-state index contributed by atoms with van der Waals surface area (Å²) in [6.07, 6.45) is 0. The smallest absolute Gasteiger partial charge is 0.339 e. The third-order valence-electron chi connectivity index (χ3n) is 2.98. The molecule has 0 saturated heterocycles. The first-order valence-corrected chi connectivity index (χ1v) is 7.67. The molecule has 0 saturated carbocycles. The summed E-state index contributed by atoms with van der Waals surface area (Å²) in [5.41, 5.74) is 0.398. The lowest BCUT2D eigenvalue weighted by molar-refractivity contribution is 0.0693. The van der Waals surface area contributed by atoms with Crippen LogP contribution in [0.3, 0.4) is 0 Å². The Balaban J connectivity index is 2.44. The zero-order chi connectivity index (χ0) is 16.3. The Labute approximate surface area is 128 Å². The number of ether oxygens (including phenoxy) is 1. The minimum atomic E-state index is -4.14. The molecule has 2 aromatic rings. The number of hydrogen-bond acceptors (Lipinski definition) is 5. The number of aromatic carboxylic acids is 1. The molecule has 22 heavy (non-hydrogen) atoms. The maximum absolute atomic E-state index is 12.3. The molecule has 0 fully saturated rings. The van der Waals surface area contributed by atoms with Crippen LogP contribution in [0, 0.1) is 6.92 Å². The van der Waals surface area contributed by atoms with Gasteiger partial charge in [-0.2, -0.15) is 8.42 Å². The molecule has 0 spiro atoms.